The fraction of sp³-hybridized carbons (Fsp3) is 0.800. The van der Waals surface area contributed by atoms with Gasteiger partial charge in [-0.2, -0.15) is 0 Å². The standard InChI is InChI=1S/C5H10O4/c1-4(5(6)7)2-3-9-8/h4,8H,2-3H2,1H3,(H,6,7). The molecule has 0 radical (unpaired) electrons. The Morgan fingerprint density at radius 2 is 2.33 bits per heavy atom. The second-order valence-electron chi connectivity index (χ2n) is 1.86. The highest BCUT2D eigenvalue weighted by Crippen LogP contribution is 2.00. The van der Waals surface area contributed by atoms with Gasteiger partial charge in [0.2, 0.25) is 0 Å². The van der Waals surface area contributed by atoms with Gasteiger partial charge in [-0.15, -0.1) is 0 Å². The van der Waals surface area contributed by atoms with E-state index in [0.29, 0.717) is 6.42 Å². The van der Waals surface area contributed by atoms with Gasteiger partial charge in [0, 0.05) is 0 Å². The molecule has 4 nitrogen and oxygen atoms in total. The highest BCUT2D eigenvalue weighted by atomic mass is 17.1. The summed E-state index contributed by atoms with van der Waals surface area (Å²) in [7, 11) is 0. The van der Waals surface area contributed by atoms with Crippen LogP contribution in [0.5, 0.6) is 0 Å². The van der Waals surface area contributed by atoms with Crippen molar-refractivity contribution in [3.63, 3.8) is 0 Å². The summed E-state index contributed by atoms with van der Waals surface area (Å²) in [5.74, 6) is -1.32. The first-order chi connectivity index (χ1) is 4.18. The summed E-state index contributed by atoms with van der Waals surface area (Å²) >= 11 is 0. The van der Waals surface area contributed by atoms with Crippen LogP contribution in [0.15, 0.2) is 0 Å². The number of carbonyl (C=O) groups is 1. The largest absolute Gasteiger partial charge is 0.481 e. The van der Waals surface area contributed by atoms with E-state index in [1.165, 1.54) is 0 Å². The summed E-state index contributed by atoms with van der Waals surface area (Å²) in [5.41, 5.74) is 0. The quantitative estimate of drug-likeness (QED) is 0.436. The van der Waals surface area contributed by atoms with Gasteiger partial charge in [0.05, 0.1) is 12.5 Å². The fourth-order valence-corrected chi connectivity index (χ4v) is 0.353. The third-order valence-electron chi connectivity index (χ3n) is 1.06. The molecule has 0 heterocycles. The second-order valence-corrected chi connectivity index (χ2v) is 1.86. The van der Waals surface area contributed by atoms with Gasteiger partial charge in [-0.25, -0.2) is 4.89 Å². The predicted octanol–water partition coefficient (Wildman–Crippen LogP) is 0.587. The van der Waals surface area contributed by atoms with Crippen LogP contribution < -0.4 is 0 Å². The topological polar surface area (TPSA) is 66.8 Å². The Kier molecular flexibility index (Phi) is 4.00. The van der Waals surface area contributed by atoms with Crippen molar-refractivity contribution in [3.8, 4) is 0 Å². The van der Waals surface area contributed by atoms with Crippen molar-refractivity contribution >= 4 is 5.97 Å². The first-order valence-electron chi connectivity index (χ1n) is 2.67. The molecule has 0 spiro atoms. The molecule has 2 N–H and O–H groups in total. The van der Waals surface area contributed by atoms with Gasteiger partial charge < -0.3 is 5.11 Å². The Morgan fingerprint density at radius 3 is 2.67 bits per heavy atom. The van der Waals surface area contributed by atoms with E-state index in [1.54, 1.807) is 6.92 Å². The molecule has 0 saturated heterocycles. The van der Waals surface area contributed by atoms with Crippen molar-refractivity contribution in [3.05, 3.63) is 0 Å². The minimum absolute atomic E-state index is 0.0769. The summed E-state index contributed by atoms with van der Waals surface area (Å²) in [6.45, 7) is 1.63. The third kappa shape index (κ3) is 3.93. The Hall–Kier alpha value is -0.610. The van der Waals surface area contributed by atoms with Crippen molar-refractivity contribution in [2.45, 2.75) is 13.3 Å². The predicted molar refractivity (Wildman–Crippen MR) is 30.0 cm³/mol. The fourth-order valence-electron chi connectivity index (χ4n) is 0.353. The molecule has 0 aromatic carbocycles. The smallest absolute Gasteiger partial charge is 0.306 e. The zero-order valence-corrected chi connectivity index (χ0v) is 5.20. The number of hydrogen-bond donors (Lipinski definition) is 2. The highest BCUT2D eigenvalue weighted by Gasteiger charge is 2.09. The lowest BCUT2D eigenvalue weighted by Gasteiger charge is -2.01. The van der Waals surface area contributed by atoms with Crippen LogP contribution in [-0.2, 0) is 9.68 Å². The van der Waals surface area contributed by atoms with E-state index in [9.17, 15) is 4.79 Å². The van der Waals surface area contributed by atoms with Crippen molar-refractivity contribution in [1.82, 2.24) is 0 Å². The van der Waals surface area contributed by atoms with Crippen molar-refractivity contribution in [1.29, 1.82) is 0 Å². The van der Waals surface area contributed by atoms with Crippen LogP contribution >= 0.6 is 0 Å². The minimum Gasteiger partial charge on any atom is -0.481 e. The van der Waals surface area contributed by atoms with Crippen LogP contribution in [0.4, 0.5) is 0 Å². The van der Waals surface area contributed by atoms with Gasteiger partial charge in [0.1, 0.15) is 0 Å². The lowest BCUT2D eigenvalue weighted by atomic mass is 10.1. The van der Waals surface area contributed by atoms with E-state index in [2.05, 4.69) is 4.89 Å². The first-order valence-corrected chi connectivity index (χ1v) is 2.67. The lowest BCUT2D eigenvalue weighted by molar-refractivity contribution is -0.244. The molecule has 54 valence electrons. The molecule has 9 heavy (non-hydrogen) atoms. The zero-order chi connectivity index (χ0) is 7.28. The van der Waals surface area contributed by atoms with Crippen LogP contribution in [0, 0.1) is 5.92 Å². The molecule has 4 heteroatoms. The van der Waals surface area contributed by atoms with Gasteiger partial charge in [0.15, 0.2) is 0 Å². The summed E-state index contributed by atoms with van der Waals surface area (Å²) in [4.78, 5) is 13.8. The minimum atomic E-state index is -0.868. The number of carboxylic acids is 1. The molecule has 0 aromatic rings. The normalized spacial score (nSPS) is 13.1. The average molecular weight is 134 g/mol. The maximum atomic E-state index is 10.1. The van der Waals surface area contributed by atoms with Crippen LogP contribution in [-0.4, -0.2) is 22.9 Å². The van der Waals surface area contributed by atoms with E-state index >= 15 is 0 Å². The Morgan fingerprint density at radius 1 is 1.78 bits per heavy atom. The molecular formula is C5H10O4. The Bertz CT molecular complexity index is 91.0. The molecule has 0 rings (SSSR count). The first kappa shape index (κ1) is 8.39. The van der Waals surface area contributed by atoms with E-state index in [-0.39, 0.29) is 6.61 Å². The van der Waals surface area contributed by atoms with Gasteiger partial charge in [-0.3, -0.25) is 10.1 Å². The van der Waals surface area contributed by atoms with Gasteiger partial charge in [-0.1, -0.05) is 6.92 Å². The van der Waals surface area contributed by atoms with Crippen LogP contribution in [0.3, 0.4) is 0 Å². The number of aliphatic carboxylic acids is 1. The summed E-state index contributed by atoms with van der Waals surface area (Å²) < 4.78 is 0. The number of rotatable bonds is 4. The average Bonchev–Trinajstić information content (AvgIpc) is 1.82. The maximum absolute atomic E-state index is 10.1. The number of hydrogen-bond acceptors (Lipinski definition) is 3. The second kappa shape index (κ2) is 4.29. The van der Waals surface area contributed by atoms with Crippen LogP contribution in [0.1, 0.15) is 13.3 Å². The Labute approximate surface area is 53.0 Å². The van der Waals surface area contributed by atoms with Crippen LogP contribution in [0.2, 0.25) is 0 Å². The molecule has 1 atom stereocenters. The molecule has 0 saturated carbocycles. The summed E-state index contributed by atoms with van der Waals surface area (Å²) in [5, 5.41) is 16.1. The zero-order valence-electron chi connectivity index (χ0n) is 5.20. The molecule has 0 aliphatic heterocycles. The lowest BCUT2D eigenvalue weighted by Crippen LogP contribution is -2.11. The maximum Gasteiger partial charge on any atom is 0.306 e. The molecule has 0 bridgehead atoms. The van der Waals surface area contributed by atoms with E-state index < -0.39 is 11.9 Å². The third-order valence-corrected chi connectivity index (χ3v) is 1.06. The van der Waals surface area contributed by atoms with Crippen LogP contribution in [0.25, 0.3) is 0 Å². The van der Waals surface area contributed by atoms with Crippen molar-refractivity contribution in [2.24, 2.45) is 5.92 Å². The van der Waals surface area contributed by atoms with Gasteiger partial charge >= 0.3 is 5.97 Å². The molecule has 0 aliphatic carbocycles. The highest BCUT2D eigenvalue weighted by molar-refractivity contribution is 5.69. The van der Waals surface area contributed by atoms with Gasteiger partial charge in [0.25, 0.3) is 0 Å². The summed E-state index contributed by atoms with van der Waals surface area (Å²) in [6, 6.07) is 0. The van der Waals surface area contributed by atoms with Crippen molar-refractivity contribution in [2.75, 3.05) is 6.61 Å². The molecule has 1 unspecified atom stereocenters. The van der Waals surface area contributed by atoms with E-state index in [4.69, 9.17) is 10.4 Å². The van der Waals surface area contributed by atoms with Gasteiger partial charge in [-0.05, 0) is 6.42 Å². The van der Waals surface area contributed by atoms with E-state index in [1.807, 2.05) is 0 Å². The molecule has 0 aliphatic rings. The monoisotopic (exact) mass is 134 g/mol. The van der Waals surface area contributed by atoms with E-state index in [0.717, 1.165) is 0 Å². The SMILES string of the molecule is CC(CCOO)C(=O)O. The molecule has 0 amide bonds. The molecular weight excluding hydrogens is 124 g/mol. The Balaban J connectivity index is 3.27. The number of carboxylic acid groups (broad SMARTS) is 1. The van der Waals surface area contributed by atoms with Crippen molar-refractivity contribution < 1.29 is 20.0 Å². The molecule has 0 aromatic heterocycles. The molecule has 0 fully saturated rings. The summed E-state index contributed by atoms with van der Waals surface area (Å²) in [6.07, 6.45) is 0.339.